The molecule has 3 rings (SSSR count). The molecule has 7 nitrogen and oxygen atoms in total. The summed E-state index contributed by atoms with van der Waals surface area (Å²) in [4.78, 5) is 25.8. The van der Waals surface area contributed by atoms with Crippen molar-refractivity contribution in [3.8, 4) is 5.75 Å². The number of carbonyl (C=O) groups is 1. The Bertz CT molecular complexity index is 865. The van der Waals surface area contributed by atoms with E-state index in [1.165, 1.54) is 37.5 Å². The van der Waals surface area contributed by atoms with Crippen LogP contribution in [0.1, 0.15) is 12.8 Å². The molecule has 0 spiro atoms. The molecule has 2 heterocycles. The van der Waals surface area contributed by atoms with E-state index in [0.29, 0.717) is 36.7 Å². The maximum atomic E-state index is 13.3. The zero-order valence-corrected chi connectivity index (χ0v) is 14.9. The lowest BCUT2D eigenvalue weighted by Gasteiger charge is -2.32. The lowest BCUT2D eigenvalue weighted by molar-refractivity contribution is 0.115. The van der Waals surface area contributed by atoms with Crippen LogP contribution in [-0.4, -0.2) is 39.9 Å². The predicted octanol–water partition coefficient (Wildman–Crippen LogP) is 2.65. The summed E-state index contributed by atoms with van der Waals surface area (Å²) in [6, 6.07) is 5.08. The number of halogens is 2. The molecule has 0 saturated carbocycles. The lowest BCUT2D eigenvalue weighted by atomic mass is 10.1. The average Bonchev–Trinajstić information content (AvgIpc) is 2.62. The van der Waals surface area contributed by atoms with Crippen LogP contribution in [0, 0.1) is 5.82 Å². The van der Waals surface area contributed by atoms with Gasteiger partial charge in [-0.1, -0.05) is 11.6 Å². The number of anilines is 1. The van der Waals surface area contributed by atoms with Crippen molar-refractivity contribution in [2.45, 2.75) is 18.9 Å². The van der Waals surface area contributed by atoms with Gasteiger partial charge in [-0.3, -0.25) is 4.79 Å². The van der Waals surface area contributed by atoms with E-state index in [1.54, 1.807) is 4.90 Å². The van der Waals surface area contributed by atoms with Gasteiger partial charge in [-0.2, -0.15) is 5.10 Å². The van der Waals surface area contributed by atoms with Crippen molar-refractivity contribution in [1.29, 1.82) is 0 Å². The third-order valence-corrected chi connectivity index (χ3v) is 4.48. The fraction of sp³-hybridized carbons (Fsp3) is 0.353. The fourth-order valence-corrected chi connectivity index (χ4v) is 2.88. The average molecular weight is 381 g/mol. The number of ether oxygens (including phenoxy) is 1. The van der Waals surface area contributed by atoms with Gasteiger partial charge in [0, 0.05) is 45.2 Å². The van der Waals surface area contributed by atoms with Crippen LogP contribution >= 0.6 is 11.6 Å². The Kier molecular flexibility index (Phi) is 5.41. The Labute approximate surface area is 154 Å². The number of aromatic nitrogens is 2. The van der Waals surface area contributed by atoms with E-state index in [1.807, 2.05) is 0 Å². The van der Waals surface area contributed by atoms with Gasteiger partial charge in [0.05, 0.1) is 5.02 Å². The number of piperidine rings is 1. The number of carbonyl (C=O) groups excluding carboxylic acids is 1. The molecule has 1 fully saturated rings. The minimum Gasteiger partial charge on any atom is -0.489 e. The monoisotopic (exact) mass is 380 g/mol. The molecule has 138 valence electrons. The molecule has 0 atom stereocenters. The van der Waals surface area contributed by atoms with Gasteiger partial charge in [0.2, 0.25) is 0 Å². The van der Waals surface area contributed by atoms with E-state index >= 15 is 0 Å². The number of rotatable bonds is 3. The number of hydrogen-bond donors (Lipinski definition) is 1. The molecule has 2 amide bonds. The van der Waals surface area contributed by atoms with Crippen molar-refractivity contribution in [1.82, 2.24) is 14.7 Å². The van der Waals surface area contributed by atoms with Crippen LogP contribution in [0.25, 0.3) is 0 Å². The number of urea groups is 1. The van der Waals surface area contributed by atoms with E-state index in [2.05, 4.69) is 10.4 Å². The molecule has 0 unspecified atom stereocenters. The first-order valence-corrected chi connectivity index (χ1v) is 8.52. The van der Waals surface area contributed by atoms with Crippen LogP contribution in [0.2, 0.25) is 5.02 Å². The number of likely N-dealkylation sites (tertiary alicyclic amines) is 1. The highest BCUT2D eigenvalue weighted by molar-refractivity contribution is 6.32. The van der Waals surface area contributed by atoms with Crippen molar-refractivity contribution in [3.63, 3.8) is 0 Å². The molecule has 1 saturated heterocycles. The summed E-state index contributed by atoms with van der Waals surface area (Å²) in [6.45, 7) is 0.906. The Morgan fingerprint density at radius 2 is 2.08 bits per heavy atom. The number of nitrogens with one attached hydrogen (secondary N) is 1. The summed E-state index contributed by atoms with van der Waals surface area (Å²) in [6.07, 6.45) is 2.44. The standard InChI is InChI=1S/C17H18ClFN4O3/c1-22-16(24)14(4-7-20-22)21-17(25)23-8-5-12(6-9-23)26-15-10-11(19)2-3-13(15)18/h2-4,7,10,12H,5-6,8-9H2,1H3,(H,21,25). The number of nitrogens with zero attached hydrogens (tertiary/aromatic N) is 3. The summed E-state index contributed by atoms with van der Waals surface area (Å²) >= 11 is 6.01. The number of hydrogen-bond acceptors (Lipinski definition) is 4. The van der Waals surface area contributed by atoms with Gasteiger partial charge in [-0.05, 0) is 18.2 Å². The van der Waals surface area contributed by atoms with Crippen LogP contribution < -0.4 is 15.6 Å². The summed E-state index contributed by atoms with van der Waals surface area (Å²) in [5.74, 6) is -0.116. The summed E-state index contributed by atoms with van der Waals surface area (Å²) in [5, 5.41) is 6.76. The Morgan fingerprint density at radius 3 is 2.81 bits per heavy atom. The number of aryl methyl sites for hydroxylation is 1. The lowest BCUT2D eigenvalue weighted by Crippen LogP contribution is -2.44. The molecule has 26 heavy (non-hydrogen) atoms. The predicted molar refractivity (Wildman–Crippen MR) is 95.1 cm³/mol. The van der Waals surface area contributed by atoms with Crippen LogP contribution in [0.4, 0.5) is 14.9 Å². The molecule has 0 bridgehead atoms. The molecule has 0 aliphatic carbocycles. The Hall–Kier alpha value is -2.61. The molecule has 1 aromatic carbocycles. The molecule has 1 N–H and O–H groups in total. The molecular formula is C17H18ClFN4O3. The molecule has 1 aliphatic rings. The van der Waals surface area contributed by atoms with Gasteiger partial charge < -0.3 is 15.0 Å². The summed E-state index contributed by atoms with van der Waals surface area (Å²) < 4.78 is 20.2. The van der Waals surface area contributed by atoms with Crippen LogP contribution in [0.3, 0.4) is 0 Å². The molecule has 0 radical (unpaired) electrons. The van der Waals surface area contributed by atoms with Crippen molar-refractivity contribution in [3.05, 3.63) is 51.7 Å². The zero-order chi connectivity index (χ0) is 18.7. The second-order valence-corrected chi connectivity index (χ2v) is 6.39. The largest absolute Gasteiger partial charge is 0.489 e. The van der Waals surface area contributed by atoms with Gasteiger partial charge in [0.25, 0.3) is 5.56 Å². The van der Waals surface area contributed by atoms with E-state index < -0.39 is 5.82 Å². The molecule has 9 heteroatoms. The third-order valence-electron chi connectivity index (χ3n) is 4.16. The van der Waals surface area contributed by atoms with Crippen LogP contribution in [-0.2, 0) is 7.05 Å². The topological polar surface area (TPSA) is 76.5 Å². The van der Waals surface area contributed by atoms with Crippen LogP contribution in [0.15, 0.2) is 35.3 Å². The maximum absolute atomic E-state index is 13.3. The number of amides is 2. The highest BCUT2D eigenvalue weighted by atomic mass is 35.5. The number of benzene rings is 1. The minimum atomic E-state index is -0.417. The van der Waals surface area contributed by atoms with E-state index in [-0.39, 0.29) is 23.4 Å². The van der Waals surface area contributed by atoms with Crippen molar-refractivity contribution in [2.75, 3.05) is 18.4 Å². The first kappa shape index (κ1) is 18.2. The van der Waals surface area contributed by atoms with E-state index in [9.17, 15) is 14.0 Å². The van der Waals surface area contributed by atoms with Crippen molar-refractivity contribution >= 4 is 23.3 Å². The third kappa shape index (κ3) is 4.13. The first-order chi connectivity index (χ1) is 12.4. The van der Waals surface area contributed by atoms with Gasteiger partial charge in [0.1, 0.15) is 23.4 Å². The molecule has 1 aliphatic heterocycles. The highest BCUT2D eigenvalue weighted by Gasteiger charge is 2.25. The quantitative estimate of drug-likeness (QED) is 0.888. The van der Waals surface area contributed by atoms with Crippen molar-refractivity contribution in [2.24, 2.45) is 7.05 Å². The van der Waals surface area contributed by atoms with Gasteiger partial charge >= 0.3 is 6.03 Å². The van der Waals surface area contributed by atoms with Crippen LogP contribution in [0.5, 0.6) is 5.75 Å². The fourth-order valence-electron chi connectivity index (χ4n) is 2.72. The van der Waals surface area contributed by atoms with Crippen molar-refractivity contribution < 1.29 is 13.9 Å². The second kappa shape index (κ2) is 7.74. The molecular weight excluding hydrogens is 363 g/mol. The Balaban J connectivity index is 1.56. The first-order valence-electron chi connectivity index (χ1n) is 8.14. The molecule has 2 aromatic rings. The SMILES string of the molecule is Cn1nccc(NC(=O)N2CCC(Oc3cc(F)ccc3Cl)CC2)c1=O. The second-order valence-electron chi connectivity index (χ2n) is 5.98. The normalized spacial score (nSPS) is 15.0. The Morgan fingerprint density at radius 1 is 1.35 bits per heavy atom. The van der Waals surface area contributed by atoms with Gasteiger partial charge in [-0.25, -0.2) is 13.9 Å². The zero-order valence-electron chi connectivity index (χ0n) is 14.1. The maximum Gasteiger partial charge on any atom is 0.321 e. The summed E-state index contributed by atoms with van der Waals surface area (Å²) in [7, 11) is 1.51. The van der Waals surface area contributed by atoms with Gasteiger partial charge in [-0.15, -0.1) is 0 Å². The van der Waals surface area contributed by atoms with Gasteiger partial charge in [0.15, 0.2) is 0 Å². The highest BCUT2D eigenvalue weighted by Crippen LogP contribution is 2.28. The van der Waals surface area contributed by atoms with E-state index in [4.69, 9.17) is 16.3 Å². The minimum absolute atomic E-state index is 0.160. The van der Waals surface area contributed by atoms with E-state index in [0.717, 1.165) is 4.68 Å². The smallest absolute Gasteiger partial charge is 0.321 e. The summed E-state index contributed by atoms with van der Waals surface area (Å²) in [5.41, 5.74) is -0.197. The molecule has 1 aromatic heterocycles.